The highest BCUT2D eigenvalue weighted by Gasteiger charge is 2.20. The molecule has 294 valence electrons. The summed E-state index contributed by atoms with van der Waals surface area (Å²) < 4.78 is 7.05. The molecule has 0 aliphatic heterocycles. The highest BCUT2D eigenvalue weighted by atomic mass is 32.1. The number of pyridine rings is 2. The summed E-state index contributed by atoms with van der Waals surface area (Å²) in [6, 6.07) is 65.8. The largest absolute Gasteiger partial charge is 0.309 e. The highest BCUT2D eigenvalue weighted by molar-refractivity contribution is 7.25. The quantitative estimate of drug-likeness (QED) is 0.167. The van der Waals surface area contributed by atoms with Gasteiger partial charge in [0.15, 0.2) is 11.6 Å². The van der Waals surface area contributed by atoms with Crippen LogP contribution in [0, 0.1) is 0 Å². The lowest BCUT2D eigenvalue weighted by Gasteiger charge is -2.11. The Morgan fingerprint density at radius 2 is 0.952 bits per heavy atom. The molecule has 63 heavy (non-hydrogen) atoms. The first-order valence-electron chi connectivity index (χ1n) is 20.9. The second-order valence-corrected chi connectivity index (χ2v) is 16.8. The van der Waals surface area contributed by atoms with Gasteiger partial charge in [0, 0.05) is 82.1 Å². The molecule has 0 saturated heterocycles. The van der Waals surface area contributed by atoms with Gasteiger partial charge in [-0.05, 0) is 66.7 Å². The number of nitrogens with zero attached hydrogens (tertiary/aromatic N) is 7. The molecule has 8 heteroatoms. The number of fused-ring (bicyclic) bond motifs is 9. The Labute approximate surface area is 364 Å². The highest BCUT2D eigenvalue weighted by Crippen LogP contribution is 2.40. The van der Waals surface area contributed by atoms with Crippen LogP contribution in [0.5, 0.6) is 0 Å². The lowest BCUT2D eigenvalue weighted by molar-refractivity contribution is 0.953. The zero-order chi connectivity index (χ0) is 41.4. The fraction of sp³-hybridized carbons (Fsp3) is 0. The first kappa shape index (κ1) is 35.4. The average Bonchev–Trinajstić information content (AvgIpc) is 4.01. The molecule has 0 unspecified atom stereocenters. The molecule has 0 spiro atoms. The molecule has 13 rings (SSSR count). The zero-order valence-electron chi connectivity index (χ0n) is 33.6. The van der Waals surface area contributed by atoms with E-state index in [1.54, 1.807) is 0 Å². The van der Waals surface area contributed by atoms with Gasteiger partial charge in [-0.25, -0.2) is 9.97 Å². The van der Waals surface area contributed by atoms with Crippen molar-refractivity contribution in [1.29, 1.82) is 0 Å². The summed E-state index contributed by atoms with van der Waals surface area (Å²) in [5.41, 5.74) is 11.2. The van der Waals surface area contributed by atoms with E-state index in [1.165, 1.54) is 36.5 Å². The number of para-hydroxylation sites is 2. The summed E-state index contributed by atoms with van der Waals surface area (Å²) in [6.45, 7) is 0. The molecule has 0 fully saturated rings. The van der Waals surface area contributed by atoms with Crippen molar-refractivity contribution in [2.75, 3.05) is 0 Å². The lowest BCUT2D eigenvalue weighted by Crippen LogP contribution is -2.06. The Morgan fingerprint density at radius 3 is 1.70 bits per heavy atom. The molecule has 7 aromatic carbocycles. The van der Waals surface area contributed by atoms with E-state index in [-0.39, 0.29) is 0 Å². The Bertz CT molecular complexity index is 3870. The van der Waals surface area contributed by atoms with Crippen molar-refractivity contribution in [3.8, 4) is 56.9 Å². The van der Waals surface area contributed by atoms with E-state index >= 15 is 0 Å². The molecule has 0 bridgehead atoms. The van der Waals surface area contributed by atoms with Crippen LogP contribution >= 0.6 is 11.3 Å². The van der Waals surface area contributed by atoms with Crippen LogP contribution in [0.4, 0.5) is 0 Å². The summed E-state index contributed by atoms with van der Waals surface area (Å²) in [6.07, 6.45) is 3.85. The van der Waals surface area contributed by atoms with Gasteiger partial charge in [0.2, 0.25) is 5.95 Å². The minimum absolute atomic E-state index is 0.565. The third-order valence-corrected chi connectivity index (χ3v) is 13.2. The van der Waals surface area contributed by atoms with Crippen LogP contribution in [-0.2, 0) is 0 Å². The Balaban J connectivity index is 0.937. The van der Waals surface area contributed by atoms with Gasteiger partial charge in [0.25, 0.3) is 0 Å². The number of hydrogen-bond donors (Lipinski definition) is 0. The molecule has 7 nitrogen and oxygen atoms in total. The van der Waals surface area contributed by atoms with Crippen molar-refractivity contribution < 1.29 is 0 Å². The molecule has 0 radical (unpaired) electrons. The number of rotatable bonds is 6. The van der Waals surface area contributed by atoms with Gasteiger partial charge < -0.3 is 4.57 Å². The van der Waals surface area contributed by atoms with Gasteiger partial charge in [-0.2, -0.15) is 9.97 Å². The maximum atomic E-state index is 5.33. The van der Waals surface area contributed by atoms with E-state index in [0.29, 0.717) is 17.6 Å². The van der Waals surface area contributed by atoms with E-state index in [2.05, 4.69) is 142 Å². The standard InChI is InChI=1S/C55H33N7S/c1-3-12-34(13-4-1)53-58-54(35-14-5-2-6-15-35)60-55(59-53)62-48-21-10-8-17-40(48)42-30-36(23-26-49(42)62)45-18-11-19-46(57-45)37-22-25-41-39-16-7-9-20-47(39)61(50(41)31-37)38-24-27-51-43(32-38)44-33-56-29-28-52(44)63-51/h1-33H. The number of aromatic nitrogens is 7. The minimum atomic E-state index is 0.565. The fourth-order valence-corrected chi connectivity index (χ4v) is 10.2. The molecule has 0 saturated carbocycles. The van der Waals surface area contributed by atoms with E-state index in [9.17, 15) is 0 Å². The normalized spacial score (nSPS) is 11.8. The zero-order valence-corrected chi connectivity index (χ0v) is 34.4. The average molecular weight is 824 g/mol. The summed E-state index contributed by atoms with van der Waals surface area (Å²) in [5.74, 6) is 1.81. The summed E-state index contributed by atoms with van der Waals surface area (Å²) in [5, 5.41) is 7.03. The molecule has 0 atom stereocenters. The first-order valence-corrected chi connectivity index (χ1v) is 21.7. The number of hydrogen-bond acceptors (Lipinski definition) is 6. The van der Waals surface area contributed by atoms with Gasteiger partial charge in [-0.15, -0.1) is 11.3 Å². The van der Waals surface area contributed by atoms with Gasteiger partial charge in [-0.1, -0.05) is 121 Å². The van der Waals surface area contributed by atoms with Crippen LogP contribution in [0.25, 0.3) is 121 Å². The molecule has 6 heterocycles. The Morgan fingerprint density at radius 1 is 0.349 bits per heavy atom. The maximum Gasteiger partial charge on any atom is 0.238 e. The van der Waals surface area contributed by atoms with E-state index in [1.807, 2.05) is 84.4 Å². The smallest absolute Gasteiger partial charge is 0.238 e. The van der Waals surface area contributed by atoms with E-state index in [0.717, 1.165) is 66.7 Å². The molecular formula is C55H33N7S. The summed E-state index contributed by atoms with van der Waals surface area (Å²) in [4.78, 5) is 24.9. The molecule has 13 aromatic rings. The van der Waals surface area contributed by atoms with E-state index < -0.39 is 0 Å². The second-order valence-electron chi connectivity index (χ2n) is 15.7. The van der Waals surface area contributed by atoms with Gasteiger partial charge in [0.1, 0.15) is 0 Å². The van der Waals surface area contributed by atoms with Crippen LogP contribution < -0.4 is 0 Å². The lowest BCUT2D eigenvalue weighted by atomic mass is 10.0. The van der Waals surface area contributed by atoms with Crippen LogP contribution in [-0.4, -0.2) is 34.1 Å². The number of thiophene rings is 1. The van der Waals surface area contributed by atoms with Crippen LogP contribution in [0.15, 0.2) is 200 Å². The molecule has 0 aliphatic carbocycles. The van der Waals surface area contributed by atoms with Crippen molar-refractivity contribution in [2.45, 2.75) is 0 Å². The van der Waals surface area contributed by atoms with Crippen molar-refractivity contribution in [3.63, 3.8) is 0 Å². The van der Waals surface area contributed by atoms with Crippen LogP contribution in [0.2, 0.25) is 0 Å². The number of benzene rings is 7. The Hall–Kier alpha value is -8.33. The van der Waals surface area contributed by atoms with Crippen LogP contribution in [0.3, 0.4) is 0 Å². The monoisotopic (exact) mass is 823 g/mol. The fourth-order valence-electron chi connectivity index (χ4n) is 9.16. The molecular weight excluding hydrogens is 791 g/mol. The first-order chi connectivity index (χ1) is 31.2. The SMILES string of the molecule is c1ccc(-c2nc(-c3ccccc3)nc(-n3c4ccccc4c4cc(-c5cccc(-c6ccc7c8ccccc8n(-c8ccc9sc%10ccncc%10c9c8)c7c6)n5)ccc43)n2)cc1. The van der Waals surface area contributed by atoms with Crippen molar-refractivity contribution in [1.82, 2.24) is 34.1 Å². The predicted octanol–water partition coefficient (Wildman–Crippen LogP) is 13.9. The predicted molar refractivity (Wildman–Crippen MR) is 259 cm³/mol. The second kappa shape index (κ2) is 14.1. The molecule has 0 N–H and O–H groups in total. The van der Waals surface area contributed by atoms with Gasteiger partial charge in [-0.3, -0.25) is 9.55 Å². The molecule has 0 amide bonds. The van der Waals surface area contributed by atoms with Crippen molar-refractivity contribution in [2.24, 2.45) is 0 Å². The molecule has 6 aromatic heterocycles. The maximum absolute atomic E-state index is 5.33. The van der Waals surface area contributed by atoms with Crippen molar-refractivity contribution >= 4 is 75.1 Å². The Kier molecular flexibility index (Phi) is 7.94. The summed E-state index contributed by atoms with van der Waals surface area (Å²) in [7, 11) is 0. The molecule has 0 aliphatic rings. The van der Waals surface area contributed by atoms with Gasteiger partial charge >= 0.3 is 0 Å². The third-order valence-electron chi connectivity index (χ3n) is 12.1. The van der Waals surface area contributed by atoms with Gasteiger partial charge in [0.05, 0.1) is 33.5 Å². The van der Waals surface area contributed by atoms with E-state index in [4.69, 9.17) is 19.9 Å². The van der Waals surface area contributed by atoms with Crippen molar-refractivity contribution in [3.05, 3.63) is 200 Å². The minimum Gasteiger partial charge on any atom is -0.309 e. The third kappa shape index (κ3) is 5.76. The van der Waals surface area contributed by atoms with Crippen LogP contribution in [0.1, 0.15) is 0 Å². The summed E-state index contributed by atoms with van der Waals surface area (Å²) >= 11 is 1.81. The topological polar surface area (TPSA) is 74.3 Å².